The molecule has 0 spiro atoms. The fourth-order valence-electron chi connectivity index (χ4n) is 2.97. The average Bonchev–Trinajstić information content (AvgIpc) is 2.28. The van der Waals surface area contributed by atoms with Crippen molar-refractivity contribution in [2.24, 2.45) is 5.92 Å². The fourth-order valence-corrected chi connectivity index (χ4v) is 2.97. The van der Waals surface area contributed by atoms with Gasteiger partial charge < -0.3 is 9.64 Å². The smallest absolute Gasteiger partial charge is 0.225 e. The summed E-state index contributed by atoms with van der Waals surface area (Å²) in [4.78, 5) is 14.3. The van der Waals surface area contributed by atoms with Gasteiger partial charge in [-0.2, -0.15) is 0 Å². The van der Waals surface area contributed by atoms with Crippen LogP contribution in [-0.4, -0.2) is 36.1 Å². The third kappa shape index (κ3) is 2.76. The van der Waals surface area contributed by atoms with E-state index in [1.54, 1.807) is 0 Å². The van der Waals surface area contributed by atoms with E-state index < -0.39 is 0 Å². The van der Waals surface area contributed by atoms with E-state index >= 15 is 0 Å². The second-order valence-electron chi connectivity index (χ2n) is 5.34. The minimum absolute atomic E-state index is 0.191. The number of nitrogens with zero attached hydrogens (tertiary/aromatic N) is 1. The van der Waals surface area contributed by atoms with Crippen LogP contribution in [0.25, 0.3) is 0 Å². The summed E-state index contributed by atoms with van der Waals surface area (Å²) in [6.45, 7) is 5.66. The van der Waals surface area contributed by atoms with E-state index in [9.17, 15) is 4.79 Å². The minimum Gasteiger partial charge on any atom is -0.372 e. The summed E-state index contributed by atoms with van der Waals surface area (Å²) in [7, 11) is 0. The van der Waals surface area contributed by atoms with Crippen molar-refractivity contribution in [1.82, 2.24) is 4.90 Å². The van der Waals surface area contributed by atoms with Crippen LogP contribution in [0.1, 0.15) is 46.0 Å². The molecule has 1 saturated heterocycles. The number of hydrogen-bond donors (Lipinski definition) is 0. The molecule has 2 rings (SSSR count). The largest absolute Gasteiger partial charge is 0.372 e. The molecular formula is C13H23NO2. The maximum absolute atomic E-state index is 12.3. The molecule has 2 aliphatic rings. The normalized spacial score (nSPS) is 32.8. The predicted octanol–water partition coefficient (Wildman–Crippen LogP) is 2.20. The molecule has 1 amide bonds. The van der Waals surface area contributed by atoms with Gasteiger partial charge in [0, 0.05) is 19.0 Å². The highest BCUT2D eigenvalue weighted by Gasteiger charge is 2.30. The monoisotopic (exact) mass is 225 g/mol. The Balaban J connectivity index is 1.92. The van der Waals surface area contributed by atoms with Gasteiger partial charge in [0.15, 0.2) is 0 Å². The zero-order chi connectivity index (χ0) is 11.5. The van der Waals surface area contributed by atoms with Crippen molar-refractivity contribution in [2.75, 3.05) is 13.1 Å². The number of hydrogen-bond acceptors (Lipinski definition) is 2. The molecule has 3 nitrogen and oxygen atoms in total. The molecule has 0 aromatic rings. The molecule has 1 aliphatic carbocycles. The Morgan fingerprint density at radius 2 is 1.62 bits per heavy atom. The summed E-state index contributed by atoms with van der Waals surface area (Å²) >= 11 is 0. The van der Waals surface area contributed by atoms with Crippen molar-refractivity contribution in [2.45, 2.75) is 58.2 Å². The standard InChI is InChI=1S/C13H23NO2/c1-10-8-14(9-11(2)16-10)13(15)12-6-4-3-5-7-12/h10-12H,3-9H2,1-2H3. The van der Waals surface area contributed by atoms with Gasteiger partial charge in [0.2, 0.25) is 5.91 Å². The second kappa shape index (κ2) is 5.17. The Morgan fingerprint density at radius 3 is 2.19 bits per heavy atom. The van der Waals surface area contributed by atoms with Crippen molar-refractivity contribution >= 4 is 5.91 Å². The SMILES string of the molecule is CC1CN(C(=O)C2CCCCC2)CC(C)O1. The minimum atomic E-state index is 0.191. The molecule has 1 aliphatic heterocycles. The Labute approximate surface area is 98.1 Å². The third-order valence-electron chi connectivity index (χ3n) is 3.69. The summed E-state index contributed by atoms with van der Waals surface area (Å²) < 4.78 is 5.66. The maximum atomic E-state index is 12.3. The number of ether oxygens (including phenoxy) is 1. The lowest BCUT2D eigenvalue weighted by molar-refractivity contribution is -0.148. The van der Waals surface area contributed by atoms with Crippen LogP contribution in [0.5, 0.6) is 0 Å². The van der Waals surface area contributed by atoms with E-state index in [1.807, 2.05) is 4.90 Å². The van der Waals surface area contributed by atoms with Crippen LogP contribution in [-0.2, 0) is 9.53 Å². The summed E-state index contributed by atoms with van der Waals surface area (Å²) in [5.74, 6) is 0.674. The number of carbonyl (C=O) groups excluding carboxylic acids is 1. The average molecular weight is 225 g/mol. The quantitative estimate of drug-likeness (QED) is 0.684. The Morgan fingerprint density at radius 1 is 1.06 bits per heavy atom. The van der Waals surface area contributed by atoms with Crippen LogP contribution in [0.2, 0.25) is 0 Å². The first kappa shape index (κ1) is 11.9. The zero-order valence-corrected chi connectivity index (χ0v) is 10.4. The summed E-state index contributed by atoms with van der Waals surface area (Å²) in [6, 6.07) is 0. The highest BCUT2D eigenvalue weighted by Crippen LogP contribution is 2.26. The van der Waals surface area contributed by atoms with Gasteiger partial charge in [0.1, 0.15) is 0 Å². The van der Waals surface area contributed by atoms with Crippen LogP contribution in [0.3, 0.4) is 0 Å². The number of rotatable bonds is 1. The van der Waals surface area contributed by atoms with Crippen molar-refractivity contribution in [3.05, 3.63) is 0 Å². The Hall–Kier alpha value is -0.570. The predicted molar refractivity (Wildman–Crippen MR) is 63.2 cm³/mol. The first-order chi connectivity index (χ1) is 7.66. The Kier molecular flexibility index (Phi) is 3.85. The maximum Gasteiger partial charge on any atom is 0.225 e. The lowest BCUT2D eigenvalue weighted by Crippen LogP contribution is -2.50. The van der Waals surface area contributed by atoms with Crippen molar-refractivity contribution in [3.63, 3.8) is 0 Å². The van der Waals surface area contributed by atoms with Crippen molar-refractivity contribution in [3.8, 4) is 0 Å². The van der Waals surface area contributed by atoms with Crippen molar-refractivity contribution < 1.29 is 9.53 Å². The highest BCUT2D eigenvalue weighted by atomic mass is 16.5. The van der Waals surface area contributed by atoms with Gasteiger partial charge >= 0.3 is 0 Å². The molecule has 0 radical (unpaired) electrons. The molecule has 0 aromatic carbocycles. The van der Waals surface area contributed by atoms with Gasteiger partial charge in [-0.15, -0.1) is 0 Å². The molecule has 2 atom stereocenters. The summed E-state index contributed by atoms with van der Waals surface area (Å²) in [5, 5.41) is 0. The van der Waals surface area contributed by atoms with Gasteiger partial charge in [-0.3, -0.25) is 4.79 Å². The van der Waals surface area contributed by atoms with E-state index in [1.165, 1.54) is 19.3 Å². The first-order valence-electron chi connectivity index (χ1n) is 6.61. The molecule has 92 valence electrons. The van der Waals surface area contributed by atoms with Crippen LogP contribution in [0.4, 0.5) is 0 Å². The van der Waals surface area contributed by atoms with Gasteiger partial charge in [-0.05, 0) is 26.7 Å². The zero-order valence-electron chi connectivity index (χ0n) is 10.4. The lowest BCUT2D eigenvalue weighted by atomic mass is 9.88. The molecule has 1 heterocycles. The van der Waals surface area contributed by atoms with Gasteiger partial charge in [-0.1, -0.05) is 19.3 Å². The van der Waals surface area contributed by atoms with Crippen LogP contribution in [0.15, 0.2) is 0 Å². The molecular weight excluding hydrogens is 202 g/mol. The third-order valence-corrected chi connectivity index (χ3v) is 3.69. The molecule has 3 heteroatoms. The lowest BCUT2D eigenvalue weighted by Gasteiger charge is -2.37. The van der Waals surface area contributed by atoms with Gasteiger partial charge in [0.25, 0.3) is 0 Å². The molecule has 16 heavy (non-hydrogen) atoms. The Bertz CT molecular complexity index is 238. The van der Waals surface area contributed by atoms with E-state index in [-0.39, 0.29) is 12.2 Å². The molecule has 0 bridgehead atoms. The molecule has 2 unspecified atom stereocenters. The summed E-state index contributed by atoms with van der Waals surface area (Å²) in [6.07, 6.45) is 6.34. The van der Waals surface area contributed by atoms with Gasteiger partial charge in [0.05, 0.1) is 12.2 Å². The number of morpholine rings is 1. The van der Waals surface area contributed by atoms with E-state index in [2.05, 4.69) is 13.8 Å². The number of amides is 1. The fraction of sp³-hybridized carbons (Fsp3) is 0.923. The van der Waals surface area contributed by atoms with E-state index in [0.717, 1.165) is 25.9 Å². The van der Waals surface area contributed by atoms with E-state index in [0.29, 0.717) is 11.8 Å². The molecule has 0 aromatic heterocycles. The summed E-state index contributed by atoms with van der Waals surface area (Å²) in [5.41, 5.74) is 0. The van der Waals surface area contributed by atoms with Crippen LogP contribution in [0, 0.1) is 5.92 Å². The second-order valence-corrected chi connectivity index (χ2v) is 5.34. The molecule has 1 saturated carbocycles. The highest BCUT2D eigenvalue weighted by molar-refractivity contribution is 5.79. The van der Waals surface area contributed by atoms with Gasteiger partial charge in [-0.25, -0.2) is 0 Å². The first-order valence-corrected chi connectivity index (χ1v) is 6.61. The molecule has 2 fully saturated rings. The molecule has 0 N–H and O–H groups in total. The van der Waals surface area contributed by atoms with Crippen LogP contribution < -0.4 is 0 Å². The van der Waals surface area contributed by atoms with Crippen molar-refractivity contribution in [1.29, 1.82) is 0 Å². The van der Waals surface area contributed by atoms with Crippen LogP contribution >= 0.6 is 0 Å². The number of carbonyl (C=O) groups is 1. The van der Waals surface area contributed by atoms with E-state index in [4.69, 9.17) is 4.74 Å². The topological polar surface area (TPSA) is 29.5 Å².